The highest BCUT2D eigenvalue weighted by Gasteiger charge is 2.28. The van der Waals surface area contributed by atoms with E-state index in [9.17, 15) is 4.79 Å². The minimum Gasteiger partial charge on any atom is -0.297 e. The summed E-state index contributed by atoms with van der Waals surface area (Å²) in [6.45, 7) is 3.59. The molecule has 0 aromatic rings. The molecule has 0 saturated carbocycles. The van der Waals surface area contributed by atoms with E-state index >= 15 is 0 Å². The molecule has 0 bridgehead atoms. The Hall–Kier alpha value is -0.860. The number of rotatable bonds is 0. The average Bonchev–Trinajstić information content (AvgIpc) is 1.86. The van der Waals surface area contributed by atoms with Crippen LogP contribution in [0.5, 0.6) is 0 Å². The largest absolute Gasteiger partial charge is 0.297 e. The molecular weight excluding hydrogens is 104 g/mol. The normalized spacial score (nSPS) is 23.5. The van der Waals surface area contributed by atoms with Crippen LogP contribution >= 0.6 is 0 Å². The van der Waals surface area contributed by atoms with E-state index in [0.29, 0.717) is 0 Å². The molecule has 44 valence electrons. The van der Waals surface area contributed by atoms with E-state index in [4.69, 9.17) is 0 Å². The first-order valence-corrected chi connectivity index (χ1v) is 2.47. The molecule has 0 atom stereocenters. The number of Topliss-reactive ketones (excluding diaryl/α,β-unsaturated/α-hetero) is 1. The third-order valence-electron chi connectivity index (χ3n) is 1.14. The lowest BCUT2D eigenvalue weighted by Crippen LogP contribution is -2.38. The van der Waals surface area contributed by atoms with Crippen molar-refractivity contribution in [3.63, 3.8) is 0 Å². The summed E-state index contributed by atoms with van der Waals surface area (Å²) in [5.74, 6) is 0.0394. The van der Waals surface area contributed by atoms with E-state index in [1.807, 2.05) is 0 Å². The molecule has 0 fully saturated rings. The number of carbonyl (C=O) groups is 1. The summed E-state index contributed by atoms with van der Waals surface area (Å²) in [6, 6.07) is 0. The van der Waals surface area contributed by atoms with Gasteiger partial charge in [0.25, 0.3) is 0 Å². The van der Waals surface area contributed by atoms with Gasteiger partial charge in [-0.05, 0) is 13.8 Å². The first-order valence-electron chi connectivity index (χ1n) is 2.47. The Morgan fingerprint density at radius 1 is 1.75 bits per heavy atom. The predicted octanol–water partition coefficient (Wildman–Crippen LogP) is -0.0769. The zero-order chi connectivity index (χ0) is 6.20. The molecule has 1 aliphatic heterocycles. The van der Waals surface area contributed by atoms with Gasteiger partial charge in [0.2, 0.25) is 5.78 Å². The lowest BCUT2D eigenvalue weighted by Gasteiger charge is -2.12. The Labute approximate surface area is 47.8 Å². The molecule has 1 heterocycles. The molecule has 1 rings (SSSR count). The standard InChI is InChI=1S/C5H8N2O/c1-5(2)4(8)3-6-7-5/h3,7H,1-2H3. The van der Waals surface area contributed by atoms with Crippen molar-refractivity contribution >= 4 is 12.0 Å². The summed E-state index contributed by atoms with van der Waals surface area (Å²) >= 11 is 0. The summed E-state index contributed by atoms with van der Waals surface area (Å²) in [5, 5.41) is 3.59. The Balaban J connectivity index is 2.79. The van der Waals surface area contributed by atoms with Gasteiger partial charge in [0.15, 0.2) is 0 Å². The lowest BCUT2D eigenvalue weighted by molar-refractivity contribution is -0.116. The second-order valence-corrected chi connectivity index (χ2v) is 2.36. The summed E-state index contributed by atoms with van der Waals surface area (Å²) in [5.41, 5.74) is 2.21. The van der Waals surface area contributed by atoms with E-state index in [1.165, 1.54) is 6.21 Å². The molecule has 0 spiro atoms. The molecule has 0 saturated heterocycles. The minimum atomic E-state index is -0.458. The van der Waals surface area contributed by atoms with E-state index < -0.39 is 5.54 Å². The van der Waals surface area contributed by atoms with Gasteiger partial charge in [0.05, 0.1) is 6.21 Å². The Bertz CT molecular complexity index is 149. The molecule has 0 aromatic carbocycles. The van der Waals surface area contributed by atoms with Crippen LogP contribution in [0.1, 0.15) is 13.8 Å². The van der Waals surface area contributed by atoms with E-state index in [0.717, 1.165) is 0 Å². The van der Waals surface area contributed by atoms with Crippen LogP contribution in [-0.4, -0.2) is 17.5 Å². The van der Waals surface area contributed by atoms with Gasteiger partial charge in [-0.2, -0.15) is 5.10 Å². The second-order valence-electron chi connectivity index (χ2n) is 2.36. The molecular formula is C5H8N2O. The quantitative estimate of drug-likeness (QED) is 0.476. The number of carbonyl (C=O) groups excluding carboxylic acids is 1. The fourth-order valence-electron chi connectivity index (χ4n) is 0.469. The fraction of sp³-hybridized carbons (Fsp3) is 0.600. The molecule has 8 heavy (non-hydrogen) atoms. The zero-order valence-corrected chi connectivity index (χ0v) is 4.93. The lowest BCUT2D eigenvalue weighted by atomic mass is 10.0. The third kappa shape index (κ3) is 0.598. The van der Waals surface area contributed by atoms with Crippen molar-refractivity contribution in [3.05, 3.63) is 0 Å². The van der Waals surface area contributed by atoms with Gasteiger partial charge >= 0.3 is 0 Å². The van der Waals surface area contributed by atoms with Crippen LogP contribution in [-0.2, 0) is 4.79 Å². The Morgan fingerprint density at radius 3 is 2.50 bits per heavy atom. The van der Waals surface area contributed by atoms with Crippen LogP contribution < -0.4 is 5.43 Å². The van der Waals surface area contributed by atoms with Crippen LogP contribution in [0.2, 0.25) is 0 Å². The number of nitrogens with zero attached hydrogens (tertiary/aromatic N) is 1. The summed E-state index contributed by atoms with van der Waals surface area (Å²) < 4.78 is 0. The van der Waals surface area contributed by atoms with Crippen LogP contribution in [0.25, 0.3) is 0 Å². The number of hydrogen-bond donors (Lipinski definition) is 1. The summed E-state index contributed by atoms with van der Waals surface area (Å²) in [6.07, 6.45) is 1.31. The predicted molar refractivity (Wildman–Crippen MR) is 30.7 cm³/mol. The first kappa shape index (κ1) is 5.28. The molecule has 1 aliphatic rings. The van der Waals surface area contributed by atoms with Crippen molar-refractivity contribution in [2.24, 2.45) is 5.10 Å². The molecule has 0 aliphatic carbocycles. The number of hydrazone groups is 1. The highest BCUT2D eigenvalue weighted by Crippen LogP contribution is 2.05. The van der Waals surface area contributed by atoms with Gasteiger partial charge < -0.3 is 0 Å². The fourth-order valence-corrected chi connectivity index (χ4v) is 0.469. The topological polar surface area (TPSA) is 41.5 Å². The molecule has 0 amide bonds. The molecule has 0 radical (unpaired) electrons. The van der Waals surface area contributed by atoms with E-state index in [2.05, 4.69) is 10.5 Å². The molecule has 3 nitrogen and oxygen atoms in total. The summed E-state index contributed by atoms with van der Waals surface area (Å²) in [7, 11) is 0. The van der Waals surface area contributed by atoms with Crippen LogP contribution in [0.15, 0.2) is 5.10 Å². The SMILES string of the molecule is CC1(C)NN=CC1=O. The van der Waals surface area contributed by atoms with Gasteiger partial charge in [-0.1, -0.05) is 0 Å². The molecule has 3 heteroatoms. The molecule has 0 aromatic heterocycles. The average molecular weight is 112 g/mol. The van der Waals surface area contributed by atoms with Crippen molar-refractivity contribution in [2.45, 2.75) is 19.4 Å². The zero-order valence-electron chi connectivity index (χ0n) is 4.93. The smallest absolute Gasteiger partial charge is 0.201 e. The van der Waals surface area contributed by atoms with Crippen LogP contribution in [0.3, 0.4) is 0 Å². The van der Waals surface area contributed by atoms with Crippen molar-refractivity contribution in [1.82, 2.24) is 5.43 Å². The number of ketones is 1. The number of nitrogens with one attached hydrogen (secondary N) is 1. The van der Waals surface area contributed by atoms with Gasteiger partial charge in [-0.3, -0.25) is 10.2 Å². The maximum absolute atomic E-state index is 10.7. The maximum atomic E-state index is 10.7. The minimum absolute atomic E-state index is 0.0394. The second kappa shape index (κ2) is 1.31. The van der Waals surface area contributed by atoms with Crippen molar-refractivity contribution in [2.75, 3.05) is 0 Å². The van der Waals surface area contributed by atoms with Crippen molar-refractivity contribution in [3.8, 4) is 0 Å². The van der Waals surface area contributed by atoms with Crippen molar-refractivity contribution < 1.29 is 4.79 Å². The van der Waals surface area contributed by atoms with E-state index in [-0.39, 0.29) is 5.78 Å². The first-order chi connectivity index (χ1) is 3.63. The Morgan fingerprint density at radius 2 is 2.38 bits per heavy atom. The highest BCUT2D eigenvalue weighted by molar-refractivity contribution is 6.32. The Kier molecular flexibility index (Phi) is 0.863. The molecule has 0 unspecified atom stereocenters. The van der Waals surface area contributed by atoms with E-state index in [1.54, 1.807) is 13.8 Å². The van der Waals surface area contributed by atoms with Gasteiger partial charge in [-0.25, -0.2) is 0 Å². The monoisotopic (exact) mass is 112 g/mol. The highest BCUT2D eigenvalue weighted by atomic mass is 16.1. The third-order valence-corrected chi connectivity index (χ3v) is 1.14. The van der Waals surface area contributed by atoms with Gasteiger partial charge in [0.1, 0.15) is 5.54 Å². The number of hydrogen-bond acceptors (Lipinski definition) is 3. The van der Waals surface area contributed by atoms with Gasteiger partial charge in [0, 0.05) is 0 Å². The molecule has 1 N–H and O–H groups in total. The summed E-state index contributed by atoms with van der Waals surface area (Å²) in [4.78, 5) is 10.7. The van der Waals surface area contributed by atoms with Crippen molar-refractivity contribution in [1.29, 1.82) is 0 Å². The van der Waals surface area contributed by atoms with Crippen LogP contribution in [0.4, 0.5) is 0 Å². The maximum Gasteiger partial charge on any atom is 0.201 e. The van der Waals surface area contributed by atoms with Gasteiger partial charge in [-0.15, -0.1) is 0 Å². The van der Waals surface area contributed by atoms with Crippen LogP contribution in [0, 0.1) is 0 Å².